The standard InChI is InChI=1S/C25H40O/c1-8-19-14-17(2)18(3)20(15-19)16-22-24(6)12-9-11-23(4,5)21(24)10-13-25(22,7)26/h14-15,21-22,26H,8-13,16H2,1-7H3/t21?,22-,24+,25-/m1/s1. The van der Waals surface area contributed by atoms with E-state index in [1.165, 1.54) is 47.9 Å². The molecule has 146 valence electrons. The first-order valence-corrected chi connectivity index (χ1v) is 10.8. The molecule has 1 aromatic carbocycles. The third-order valence-electron chi connectivity index (χ3n) is 8.43. The number of rotatable bonds is 3. The highest BCUT2D eigenvalue weighted by molar-refractivity contribution is 5.38. The summed E-state index contributed by atoms with van der Waals surface area (Å²) in [4.78, 5) is 0. The van der Waals surface area contributed by atoms with Gasteiger partial charge in [0, 0.05) is 0 Å². The number of hydrogen-bond acceptors (Lipinski definition) is 1. The van der Waals surface area contributed by atoms with Gasteiger partial charge in [-0.1, -0.05) is 46.2 Å². The largest absolute Gasteiger partial charge is 0.390 e. The van der Waals surface area contributed by atoms with Crippen LogP contribution in [0.3, 0.4) is 0 Å². The average molecular weight is 357 g/mol. The van der Waals surface area contributed by atoms with Crippen molar-refractivity contribution in [1.29, 1.82) is 0 Å². The maximum atomic E-state index is 11.5. The van der Waals surface area contributed by atoms with Crippen LogP contribution in [-0.2, 0) is 12.8 Å². The Balaban J connectivity index is 2.02. The fraction of sp³-hybridized carbons (Fsp3) is 0.760. The molecule has 0 aliphatic heterocycles. The van der Waals surface area contributed by atoms with E-state index in [9.17, 15) is 5.11 Å². The second-order valence-electron chi connectivity index (χ2n) is 10.6. The third-order valence-corrected chi connectivity index (χ3v) is 8.43. The summed E-state index contributed by atoms with van der Waals surface area (Å²) in [6.07, 6.45) is 8.16. The maximum Gasteiger partial charge on any atom is 0.0656 e. The maximum absolute atomic E-state index is 11.5. The lowest BCUT2D eigenvalue weighted by Crippen LogP contribution is -2.58. The molecule has 2 saturated carbocycles. The molecule has 2 fully saturated rings. The van der Waals surface area contributed by atoms with Gasteiger partial charge in [-0.3, -0.25) is 0 Å². The Morgan fingerprint density at radius 3 is 2.38 bits per heavy atom. The third kappa shape index (κ3) is 3.26. The van der Waals surface area contributed by atoms with E-state index in [1.54, 1.807) is 0 Å². The normalized spacial score (nSPS) is 36.6. The predicted molar refractivity (Wildman–Crippen MR) is 112 cm³/mol. The highest BCUT2D eigenvalue weighted by Gasteiger charge is 2.57. The number of fused-ring (bicyclic) bond motifs is 1. The van der Waals surface area contributed by atoms with Gasteiger partial charge in [-0.05, 0) is 104 Å². The zero-order valence-electron chi connectivity index (χ0n) is 18.2. The fourth-order valence-electron chi connectivity index (χ4n) is 6.73. The molecule has 1 aromatic rings. The lowest BCUT2D eigenvalue weighted by atomic mass is 9.45. The van der Waals surface area contributed by atoms with Crippen molar-refractivity contribution in [2.24, 2.45) is 22.7 Å². The molecule has 0 amide bonds. The van der Waals surface area contributed by atoms with Crippen LogP contribution in [-0.4, -0.2) is 10.7 Å². The van der Waals surface area contributed by atoms with Crippen LogP contribution in [0.5, 0.6) is 0 Å². The Morgan fingerprint density at radius 2 is 1.73 bits per heavy atom. The van der Waals surface area contributed by atoms with E-state index in [1.807, 2.05) is 0 Å². The summed E-state index contributed by atoms with van der Waals surface area (Å²) in [5, 5.41) is 11.5. The molecule has 2 aliphatic rings. The van der Waals surface area contributed by atoms with Gasteiger partial charge in [0.2, 0.25) is 0 Å². The molecule has 0 saturated heterocycles. The highest BCUT2D eigenvalue weighted by Crippen LogP contribution is 2.62. The van der Waals surface area contributed by atoms with Crippen molar-refractivity contribution >= 4 is 0 Å². The smallest absolute Gasteiger partial charge is 0.0656 e. The van der Waals surface area contributed by atoms with Gasteiger partial charge in [-0.2, -0.15) is 0 Å². The predicted octanol–water partition coefficient (Wildman–Crippen LogP) is 6.40. The number of aliphatic hydroxyl groups is 1. The minimum absolute atomic E-state index is 0.242. The topological polar surface area (TPSA) is 20.2 Å². The Hall–Kier alpha value is -0.820. The summed E-state index contributed by atoms with van der Waals surface area (Å²) < 4.78 is 0. The monoisotopic (exact) mass is 356 g/mol. The lowest BCUT2D eigenvalue weighted by molar-refractivity contribution is -0.166. The molecule has 3 rings (SSSR count). The van der Waals surface area contributed by atoms with E-state index in [4.69, 9.17) is 0 Å². The van der Waals surface area contributed by atoms with Crippen LogP contribution < -0.4 is 0 Å². The van der Waals surface area contributed by atoms with Crippen molar-refractivity contribution in [3.8, 4) is 0 Å². The van der Waals surface area contributed by atoms with Crippen LogP contribution >= 0.6 is 0 Å². The molecule has 1 N–H and O–H groups in total. The highest BCUT2D eigenvalue weighted by atomic mass is 16.3. The lowest BCUT2D eigenvalue weighted by Gasteiger charge is -2.61. The SMILES string of the molecule is CCc1cc(C)c(C)c(C[C@@H]2[C@@]3(C)CCCC(C)(C)C3CC[C@@]2(C)O)c1. The second-order valence-corrected chi connectivity index (χ2v) is 10.6. The van der Waals surface area contributed by atoms with E-state index in [2.05, 4.69) is 60.6 Å². The van der Waals surface area contributed by atoms with Crippen molar-refractivity contribution in [3.05, 3.63) is 34.4 Å². The molecule has 26 heavy (non-hydrogen) atoms. The molecule has 2 aliphatic carbocycles. The second kappa shape index (κ2) is 6.66. The van der Waals surface area contributed by atoms with Crippen molar-refractivity contribution in [1.82, 2.24) is 0 Å². The van der Waals surface area contributed by atoms with Crippen molar-refractivity contribution < 1.29 is 5.11 Å². The summed E-state index contributed by atoms with van der Waals surface area (Å²) >= 11 is 0. The molecule has 1 heteroatoms. The zero-order valence-corrected chi connectivity index (χ0v) is 18.2. The van der Waals surface area contributed by atoms with Gasteiger partial charge in [-0.15, -0.1) is 0 Å². The minimum Gasteiger partial charge on any atom is -0.390 e. The Kier molecular flexibility index (Phi) is 5.10. The molecule has 0 radical (unpaired) electrons. The van der Waals surface area contributed by atoms with E-state index in [-0.39, 0.29) is 5.41 Å². The Bertz CT molecular complexity index is 669. The Morgan fingerprint density at radius 1 is 1.04 bits per heavy atom. The van der Waals surface area contributed by atoms with Crippen molar-refractivity contribution in [3.63, 3.8) is 0 Å². The van der Waals surface area contributed by atoms with Gasteiger partial charge in [0.15, 0.2) is 0 Å². The van der Waals surface area contributed by atoms with E-state index in [0.717, 1.165) is 25.2 Å². The van der Waals surface area contributed by atoms with E-state index in [0.29, 0.717) is 11.3 Å². The number of aryl methyl sites for hydroxylation is 2. The first-order valence-electron chi connectivity index (χ1n) is 10.8. The first-order chi connectivity index (χ1) is 12.0. The van der Waals surface area contributed by atoms with Crippen LogP contribution in [0, 0.1) is 36.5 Å². The van der Waals surface area contributed by atoms with Crippen LogP contribution in [0.25, 0.3) is 0 Å². The van der Waals surface area contributed by atoms with E-state index < -0.39 is 5.60 Å². The summed E-state index contributed by atoms with van der Waals surface area (Å²) in [6, 6.07) is 4.76. The molecule has 4 atom stereocenters. The molecule has 0 aromatic heterocycles. The van der Waals surface area contributed by atoms with Gasteiger partial charge in [-0.25, -0.2) is 0 Å². The molecule has 1 unspecified atom stereocenters. The molecular formula is C25H40O. The van der Waals surface area contributed by atoms with Crippen LogP contribution in [0.15, 0.2) is 12.1 Å². The summed E-state index contributed by atoms with van der Waals surface area (Å²) in [5.74, 6) is 1.07. The summed E-state index contributed by atoms with van der Waals surface area (Å²) in [7, 11) is 0. The number of hydrogen-bond donors (Lipinski definition) is 1. The molecular weight excluding hydrogens is 316 g/mol. The van der Waals surface area contributed by atoms with Crippen LogP contribution in [0.4, 0.5) is 0 Å². The van der Waals surface area contributed by atoms with Gasteiger partial charge >= 0.3 is 0 Å². The molecule has 0 bridgehead atoms. The Labute approximate surface area is 161 Å². The summed E-state index contributed by atoms with van der Waals surface area (Å²) in [6.45, 7) is 16.3. The van der Waals surface area contributed by atoms with Crippen LogP contribution in [0.2, 0.25) is 0 Å². The molecule has 0 heterocycles. The number of benzene rings is 1. The van der Waals surface area contributed by atoms with Crippen molar-refractivity contribution in [2.45, 2.75) is 99.0 Å². The minimum atomic E-state index is -0.554. The molecule has 1 nitrogen and oxygen atoms in total. The van der Waals surface area contributed by atoms with E-state index >= 15 is 0 Å². The van der Waals surface area contributed by atoms with Crippen LogP contribution in [0.1, 0.15) is 89.0 Å². The van der Waals surface area contributed by atoms with Gasteiger partial charge in [0.1, 0.15) is 0 Å². The van der Waals surface area contributed by atoms with Crippen molar-refractivity contribution in [2.75, 3.05) is 0 Å². The fourth-order valence-corrected chi connectivity index (χ4v) is 6.73. The molecule has 0 spiro atoms. The first kappa shape index (κ1) is 19.9. The van der Waals surface area contributed by atoms with Gasteiger partial charge in [0.05, 0.1) is 5.60 Å². The average Bonchev–Trinajstić information content (AvgIpc) is 2.53. The summed E-state index contributed by atoms with van der Waals surface area (Å²) in [5.41, 5.74) is 5.83. The quantitative estimate of drug-likeness (QED) is 0.664. The zero-order chi connectivity index (χ0) is 19.3. The van der Waals surface area contributed by atoms with Gasteiger partial charge < -0.3 is 5.11 Å². The van der Waals surface area contributed by atoms with Gasteiger partial charge in [0.25, 0.3) is 0 Å².